The van der Waals surface area contributed by atoms with Crippen LogP contribution in [0.25, 0.3) is 0 Å². The third-order valence-corrected chi connectivity index (χ3v) is 5.14. The molecule has 0 aromatic heterocycles. The quantitative estimate of drug-likeness (QED) is 0.174. The van der Waals surface area contributed by atoms with Crippen LogP contribution < -0.4 is 6.15 Å². The van der Waals surface area contributed by atoms with Gasteiger partial charge in [0.15, 0.2) is 0 Å². The highest BCUT2D eigenvalue weighted by molar-refractivity contribution is 6.23. The van der Waals surface area contributed by atoms with E-state index in [1.165, 1.54) is 83.5 Å². The second kappa shape index (κ2) is 14.4. The van der Waals surface area contributed by atoms with Gasteiger partial charge in [0.25, 0.3) is 0 Å². The third-order valence-electron chi connectivity index (χ3n) is 4.99. The molecule has 3 heteroatoms. The van der Waals surface area contributed by atoms with E-state index in [2.05, 4.69) is 20.8 Å². The molecular formula is C21H44ClNO. The molecule has 0 radical (unpaired) electrons. The van der Waals surface area contributed by atoms with Gasteiger partial charge in [0.05, 0.1) is 12.7 Å². The van der Waals surface area contributed by atoms with E-state index in [1.807, 2.05) is 0 Å². The number of hydrogen-bond acceptors (Lipinski definition) is 2. The van der Waals surface area contributed by atoms with Gasteiger partial charge in [-0.15, -0.1) is 11.6 Å². The Morgan fingerprint density at radius 1 is 0.917 bits per heavy atom. The maximum atomic E-state index is 6.43. The van der Waals surface area contributed by atoms with Crippen LogP contribution in [0.15, 0.2) is 0 Å². The van der Waals surface area contributed by atoms with E-state index in [0.717, 1.165) is 18.9 Å². The lowest BCUT2D eigenvalue weighted by Crippen LogP contribution is -2.18. The van der Waals surface area contributed by atoms with Crippen LogP contribution in [0.2, 0.25) is 0 Å². The fourth-order valence-electron chi connectivity index (χ4n) is 3.66. The number of unbranched alkanes of at least 4 members (excludes halogenated alkanes) is 10. The van der Waals surface area contributed by atoms with E-state index >= 15 is 0 Å². The average Bonchev–Trinajstić information content (AvgIpc) is 3.27. The fourth-order valence-corrected chi connectivity index (χ4v) is 3.88. The Morgan fingerprint density at radius 3 is 1.79 bits per heavy atom. The SMILES string of the molecule is CCCCCCCCCCCCCC(CC1CO1)CC(C)(C)Cl.N. The van der Waals surface area contributed by atoms with Crippen molar-refractivity contribution in [2.45, 2.75) is 122 Å². The summed E-state index contributed by atoms with van der Waals surface area (Å²) in [5.74, 6) is 0.758. The van der Waals surface area contributed by atoms with Crippen molar-refractivity contribution in [1.82, 2.24) is 6.15 Å². The molecule has 1 heterocycles. The van der Waals surface area contributed by atoms with E-state index in [0.29, 0.717) is 6.10 Å². The zero-order valence-corrected chi connectivity index (χ0v) is 17.5. The van der Waals surface area contributed by atoms with Crippen molar-refractivity contribution in [3.05, 3.63) is 0 Å². The van der Waals surface area contributed by atoms with Crippen LogP contribution in [0.3, 0.4) is 0 Å². The van der Waals surface area contributed by atoms with E-state index in [1.54, 1.807) is 0 Å². The maximum Gasteiger partial charge on any atom is 0.0812 e. The average molecular weight is 362 g/mol. The fraction of sp³-hybridized carbons (Fsp3) is 1.00. The molecule has 1 fully saturated rings. The van der Waals surface area contributed by atoms with E-state index < -0.39 is 0 Å². The first-order valence-corrected chi connectivity index (χ1v) is 10.7. The van der Waals surface area contributed by atoms with Gasteiger partial charge in [0.2, 0.25) is 0 Å². The second-order valence-corrected chi connectivity index (χ2v) is 9.33. The van der Waals surface area contributed by atoms with Gasteiger partial charge in [-0.1, -0.05) is 84.0 Å². The molecule has 1 rings (SSSR count). The summed E-state index contributed by atoms with van der Waals surface area (Å²) in [4.78, 5) is -0.0582. The minimum Gasteiger partial charge on any atom is -0.373 e. The number of alkyl halides is 1. The van der Waals surface area contributed by atoms with Crippen LogP contribution in [0.5, 0.6) is 0 Å². The summed E-state index contributed by atoms with van der Waals surface area (Å²) in [5, 5.41) is 0. The van der Waals surface area contributed by atoms with Crippen LogP contribution in [-0.2, 0) is 4.74 Å². The summed E-state index contributed by atoms with van der Waals surface area (Å²) in [6.07, 6.45) is 19.9. The molecule has 2 unspecified atom stereocenters. The highest BCUT2D eigenvalue weighted by Crippen LogP contribution is 2.32. The van der Waals surface area contributed by atoms with Gasteiger partial charge in [-0.25, -0.2) is 0 Å². The number of epoxide rings is 1. The van der Waals surface area contributed by atoms with Crippen LogP contribution >= 0.6 is 11.6 Å². The van der Waals surface area contributed by atoms with Crippen molar-refractivity contribution in [3.8, 4) is 0 Å². The Hall–Kier alpha value is 0.210. The molecule has 1 aliphatic heterocycles. The first-order chi connectivity index (χ1) is 11.0. The van der Waals surface area contributed by atoms with Gasteiger partial charge in [-0.2, -0.15) is 0 Å². The molecule has 24 heavy (non-hydrogen) atoms. The molecule has 2 nitrogen and oxygen atoms in total. The van der Waals surface area contributed by atoms with Gasteiger partial charge in [0, 0.05) is 4.87 Å². The Bertz CT molecular complexity index is 274. The van der Waals surface area contributed by atoms with Gasteiger partial charge in [-0.05, 0) is 32.6 Å². The van der Waals surface area contributed by atoms with Crippen LogP contribution in [0, 0.1) is 5.92 Å². The standard InChI is InChI=1S/C21H41ClO.H3N/c1-4-5-6-7-8-9-10-11-12-13-14-15-19(16-20-18-23-20)17-21(2,3)22;/h19-20H,4-18H2,1-3H3;1H3. The summed E-state index contributed by atoms with van der Waals surface area (Å²) in [6, 6.07) is 0. The van der Waals surface area contributed by atoms with Crippen molar-refractivity contribution in [3.63, 3.8) is 0 Å². The maximum absolute atomic E-state index is 6.43. The molecule has 1 aliphatic rings. The largest absolute Gasteiger partial charge is 0.373 e. The molecule has 0 saturated carbocycles. The lowest BCUT2D eigenvalue weighted by Gasteiger charge is -2.23. The summed E-state index contributed by atoms with van der Waals surface area (Å²) in [6.45, 7) is 7.57. The van der Waals surface area contributed by atoms with Gasteiger partial charge < -0.3 is 10.9 Å². The first kappa shape index (κ1) is 24.2. The zero-order chi connectivity index (χ0) is 17.0. The molecule has 0 aliphatic carbocycles. The molecule has 0 aromatic carbocycles. The molecule has 2 atom stereocenters. The topological polar surface area (TPSA) is 47.5 Å². The monoisotopic (exact) mass is 361 g/mol. The van der Waals surface area contributed by atoms with Crippen molar-refractivity contribution in [1.29, 1.82) is 0 Å². The van der Waals surface area contributed by atoms with Crippen LogP contribution in [-0.4, -0.2) is 17.6 Å². The number of rotatable bonds is 16. The Morgan fingerprint density at radius 2 is 1.38 bits per heavy atom. The van der Waals surface area contributed by atoms with E-state index in [4.69, 9.17) is 16.3 Å². The number of hydrogen-bond donors (Lipinski definition) is 1. The predicted molar refractivity (Wildman–Crippen MR) is 108 cm³/mol. The Balaban J connectivity index is 0.00000529. The number of ether oxygens (including phenoxy) is 1. The van der Waals surface area contributed by atoms with Crippen LogP contribution in [0.4, 0.5) is 0 Å². The highest BCUT2D eigenvalue weighted by atomic mass is 35.5. The summed E-state index contributed by atoms with van der Waals surface area (Å²) in [7, 11) is 0. The molecular weight excluding hydrogens is 318 g/mol. The predicted octanol–water partition coefficient (Wildman–Crippen LogP) is 7.66. The Labute approximate surface area is 157 Å². The minimum absolute atomic E-state index is 0. The highest BCUT2D eigenvalue weighted by Gasteiger charge is 2.29. The van der Waals surface area contributed by atoms with E-state index in [-0.39, 0.29) is 11.0 Å². The van der Waals surface area contributed by atoms with Gasteiger partial charge >= 0.3 is 0 Å². The molecule has 0 amide bonds. The summed E-state index contributed by atoms with van der Waals surface area (Å²) in [5.41, 5.74) is 0. The van der Waals surface area contributed by atoms with Crippen molar-refractivity contribution < 1.29 is 4.74 Å². The molecule has 0 spiro atoms. The minimum atomic E-state index is -0.0582. The number of halogens is 1. The van der Waals surface area contributed by atoms with Crippen molar-refractivity contribution in [2.75, 3.05) is 6.61 Å². The third kappa shape index (κ3) is 15.7. The first-order valence-electron chi connectivity index (χ1n) is 10.3. The van der Waals surface area contributed by atoms with Gasteiger partial charge in [0.1, 0.15) is 0 Å². The molecule has 0 aromatic rings. The molecule has 3 N–H and O–H groups in total. The van der Waals surface area contributed by atoms with E-state index in [9.17, 15) is 0 Å². The van der Waals surface area contributed by atoms with Crippen molar-refractivity contribution >= 4 is 11.6 Å². The lowest BCUT2D eigenvalue weighted by atomic mass is 9.88. The smallest absolute Gasteiger partial charge is 0.0812 e. The molecule has 1 saturated heterocycles. The van der Waals surface area contributed by atoms with Crippen LogP contribution in [0.1, 0.15) is 111 Å². The second-order valence-electron chi connectivity index (χ2n) is 8.30. The summed E-state index contributed by atoms with van der Waals surface area (Å²) < 4.78 is 5.42. The van der Waals surface area contributed by atoms with Crippen molar-refractivity contribution in [2.24, 2.45) is 5.92 Å². The Kier molecular flexibility index (Phi) is 14.5. The summed E-state index contributed by atoms with van der Waals surface area (Å²) >= 11 is 6.43. The lowest BCUT2D eigenvalue weighted by molar-refractivity contribution is 0.307. The zero-order valence-electron chi connectivity index (χ0n) is 16.8. The molecule has 146 valence electrons. The van der Waals surface area contributed by atoms with Gasteiger partial charge in [-0.3, -0.25) is 0 Å². The molecule has 0 bridgehead atoms. The normalized spacial score (nSPS) is 18.2.